The topological polar surface area (TPSA) is 61.9 Å². The molecule has 0 aliphatic heterocycles. The van der Waals surface area contributed by atoms with Crippen LogP contribution in [0.25, 0.3) is 0 Å². The summed E-state index contributed by atoms with van der Waals surface area (Å²) in [5.41, 5.74) is 3.89. The number of alkyl halides is 3. The lowest BCUT2D eigenvalue weighted by molar-refractivity contribution is -0.136. The third-order valence-corrected chi connectivity index (χ3v) is 1.50. The van der Waals surface area contributed by atoms with Crippen molar-refractivity contribution in [2.75, 3.05) is 5.32 Å². The molecular formula is C8H8F3N3. The van der Waals surface area contributed by atoms with E-state index < -0.39 is 17.7 Å². The molecule has 0 atom stereocenters. The number of halogens is 3. The Morgan fingerprint density at radius 3 is 2.36 bits per heavy atom. The smallest absolute Gasteiger partial charge is 0.370 e. The summed E-state index contributed by atoms with van der Waals surface area (Å²) < 4.78 is 37.0. The highest BCUT2D eigenvalue weighted by Gasteiger charge is 2.33. The number of para-hydroxylation sites is 1. The lowest BCUT2D eigenvalue weighted by Gasteiger charge is -2.12. The van der Waals surface area contributed by atoms with Crippen LogP contribution in [-0.4, -0.2) is 5.96 Å². The van der Waals surface area contributed by atoms with Crippen molar-refractivity contribution in [3.63, 3.8) is 0 Å². The predicted molar refractivity (Wildman–Crippen MR) is 47.0 cm³/mol. The van der Waals surface area contributed by atoms with Gasteiger partial charge in [-0.25, -0.2) is 0 Å². The van der Waals surface area contributed by atoms with Crippen LogP contribution in [0.4, 0.5) is 18.9 Å². The standard InChI is InChI=1S/C8H8F3N3/c9-8(10,11)5-3-1-2-4-6(5)14-7(12)13/h1-4H,(H4,12,13,14). The first-order valence-electron chi connectivity index (χ1n) is 3.68. The first-order chi connectivity index (χ1) is 6.41. The zero-order chi connectivity index (χ0) is 10.8. The predicted octanol–water partition coefficient (Wildman–Crippen LogP) is 2.01. The summed E-state index contributed by atoms with van der Waals surface area (Å²) >= 11 is 0. The highest BCUT2D eigenvalue weighted by Crippen LogP contribution is 2.34. The van der Waals surface area contributed by atoms with E-state index in [0.717, 1.165) is 6.07 Å². The Kier molecular flexibility index (Phi) is 2.64. The number of benzene rings is 1. The summed E-state index contributed by atoms with van der Waals surface area (Å²) in [4.78, 5) is 0. The summed E-state index contributed by atoms with van der Waals surface area (Å²) in [5.74, 6) is -0.526. The molecule has 0 spiro atoms. The number of anilines is 1. The third-order valence-electron chi connectivity index (χ3n) is 1.50. The molecule has 6 heteroatoms. The normalized spacial score (nSPS) is 11.1. The summed E-state index contributed by atoms with van der Waals surface area (Å²) in [5, 5.41) is 8.95. The fourth-order valence-corrected chi connectivity index (χ4v) is 0.984. The zero-order valence-electron chi connectivity index (χ0n) is 7.02. The average Bonchev–Trinajstić information content (AvgIpc) is 2.01. The van der Waals surface area contributed by atoms with Gasteiger partial charge in [0.15, 0.2) is 5.96 Å². The van der Waals surface area contributed by atoms with Gasteiger partial charge in [-0.1, -0.05) is 12.1 Å². The Morgan fingerprint density at radius 2 is 1.86 bits per heavy atom. The summed E-state index contributed by atoms with van der Waals surface area (Å²) in [7, 11) is 0. The molecule has 0 bridgehead atoms. The Labute approximate surface area is 78.2 Å². The molecule has 0 fully saturated rings. The van der Waals surface area contributed by atoms with E-state index in [4.69, 9.17) is 11.1 Å². The van der Waals surface area contributed by atoms with Gasteiger partial charge in [-0.3, -0.25) is 5.41 Å². The van der Waals surface area contributed by atoms with Crippen LogP contribution in [0.5, 0.6) is 0 Å². The minimum Gasteiger partial charge on any atom is -0.370 e. The molecule has 0 saturated carbocycles. The van der Waals surface area contributed by atoms with Crippen molar-refractivity contribution in [3.8, 4) is 0 Å². The maximum Gasteiger partial charge on any atom is 0.418 e. The number of rotatable bonds is 1. The van der Waals surface area contributed by atoms with Gasteiger partial charge in [-0.05, 0) is 12.1 Å². The van der Waals surface area contributed by atoms with Crippen LogP contribution < -0.4 is 11.1 Å². The van der Waals surface area contributed by atoms with E-state index in [1.54, 1.807) is 0 Å². The second kappa shape index (κ2) is 3.57. The van der Waals surface area contributed by atoms with E-state index in [-0.39, 0.29) is 5.69 Å². The Morgan fingerprint density at radius 1 is 1.29 bits per heavy atom. The van der Waals surface area contributed by atoms with E-state index in [2.05, 4.69) is 5.32 Å². The van der Waals surface area contributed by atoms with Gasteiger partial charge in [0.25, 0.3) is 0 Å². The Bertz CT molecular complexity index is 346. The van der Waals surface area contributed by atoms with E-state index in [1.807, 2.05) is 0 Å². The molecule has 0 saturated heterocycles. The van der Waals surface area contributed by atoms with Gasteiger partial charge in [-0.2, -0.15) is 13.2 Å². The summed E-state index contributed by atoms with van der Waals surface area (Å²) in [6, 6.07) is 4.84. The molecule has 0 radical (unpaired) electrons. The van der Waals surface area contributed by atoms with Gasteiger partial charge in [0, 0.05) is 0 Å². The van der Waals surface area contributed by atoms with Gasteiger partial charge in [0.2, 0.25) is 0 Å². The molecule has 0 unspecified atom stereocenters. The van der Waals surface area contributed by atoms with Gasteiger partial charge < -0.3 is 11.1 Å². The van der Waals surface area contributed by atoms with Crippen LogP contribution in [0.3, 0.4) is 0 Å². The Balaban J connectivity index is 3.10. The molecule has 0 heterocycles. The van der Waals surface area contributed by atoms with Gasteiger partial charge >= 0.3 is 6.18 Å². The van der Waals surface area contributed by atoms with Gasteiger partial charge in [0.1, 0.15) is 0 Å². The monoisotopic (exact) mass is 203 g/mol. The Hall–Kier alpha value is -1.72. The van der Waals surface area contributed by atoms with Crippen molar-refractivity contribution in [2.24, 2.45) is 5.73 Å². The highest BCUT2D eigenvalue weighted by molar-refractivity contribution is 5.90. The first kappa shape index (κ1) is 10.4. The van der Waals surface area contributed by atoms with E-state index in [1.165, 1.54) is 18.2 Å². The molecule has 0 aliphatic carbocycles. The molecule has 1 aromatic carbocycles. The summed E-state index contributed by atoms with van der Waals surface area (Å²) in [6.45, 7) is 0. The maximum atomic E-state index is 12.3. The van der Waals surface area contributed by atoms with Crippen molar-refractivity contribution in [2.45, 2.75) is 6.18 Å². The molecule has 3 nitrogen and oxygen atoms in total. The van der Waals surface area contributed by atoms with E-state index in [9.17, 15) is 13.2 Å². The number of hydrogen-bond donors (Lipinski definition) is 3. The molecule has 1 aromatic rings. The van der Waals surface area contributed by atoms with Crippen LogP contribution >= 0.6 is 0 Å². The quantitative estimate of drug-likeness (QED) is 0.483. The number of nitrogens with two attached hydrogens (primary N) is 1. The minimum atomic E-state index is -4.45. The zero-order valence-corrected chi connectivity index (χ0v) is 7.02. The molecular weight excluding hydrogens is 195 g/mol. The second-order valence-electron chi connectivity index (χ2n) is 2.58. The molecule has 0 aromatic heterocycles. The first-order valence-corrected chi connectivity index (χ1v) is 3.68. The largest absolute Gasteiger partial charge is 0.418 e. The van der Waals surface area contributed by atoms with E-state index in [0.29, 0.717) is 0 Å². The van der Waals surface area contributed by atoms with Gasteiger partial charge in [0.05, 0.1) is 11.3 Å². The maximum absolute atomic E-state index is 12.3. The van der Waals surface area contributed by atoms with Crippen molar-refractivity contribution >= 4 is 11.6 Å². The SMILES string of the molecule is N=C(N)Nc1ccccc1C(F)(F)F. The highest BCUT2D eigenvalue weighted by atomic mass is 19.4. The van der Waals surface area contributed by atoms with Gasteiger partial charge in [-0.15, -0.1) is 0 Å². The lowest BCUT2D eigenvalue weighted by Crippen LogP contribution is -2.22. The molecule has 0 aliphatic rings. The fraction of sp³-hybridized carbons (Fsp3) is 0.125. The van der Waals surface area contributed by atoms with Crippen molar-refractivity contribution < 1.29 is 13.2 Å². The van der Waals surface area contributed by atoms with Crippen LogP contribution in [0.2, 0.25) is 0 Å². The molecule has 14 heavy (non-hydrogen) atoms. The van der Waals surface area contributed by atoms with Crippen molar-refractivity contribution in [3.05, 3.63) is 29.8 Å². The molecule has 1 rings (SSSR count). The number of hydrogen-bond acceptors (Lipinski definition) is 1. The van der Waals surface area contributed by atoms with E-state index >= 15 is 0 Å². The third kappa shape index (κ3) is 2.38. The second-order valence-corrected chi connectivity index (χ2v) is 2.58. The minimum absolute atomic E-state index is 0.215. The van der Waals surface area contributed by atoms with Crippen LogP contribution in [0.15, 0.2) is 24.3 Å². The van der Waals surface area contributed by atoms with Crippen LogP contribution in [0.1, 0.15) is 5.56 Å². The fourth-order valence-electron chi connectivity index (χ4n) is 0.984. The average molecular weight is 203 g/mol. The number of nitrogens with one attached hydrogen (secondary N) is 2. The van der Waals surface area contributed by atoms with Crippen molar-refractivity contribution in [1.29, 1.82) is 5.41 Å². The molecule has 4 N–H and O–H groups in total. The van der Waals surface area contributed by atoms with Crippen LogP contribution in [0, 0.1) is 5.41 Å². The number of guanidine groups is 1. The lowest BCUT2D eigenvalue weighted by atomic mass is 10.1. The van der Waals surface area contributed by atoms with Crippen molar-refractivity contribution in [1.82, 2.24) is 0 Å². The molecule has 0 amide bonds. The molecule has 76 valence electrons. The summed E-state index contributed by atoms with van der Waals surface area (Å²) in [6.07, 6.45) is -4.45. The van der Waals surface area contributed by atoms with Crippen LogP contribution in [-0.2, 0) is 6.18 Å².